The third kappa shape index (κ3) is 4.93. The lowest BCUT2D eigenvalue weighted by atomic mass is 9.99. The minimum absolute atomic E-state index is 0.118. The second kappa shape index (κ2) is 8.06. The van der Waals surface area contributed by atoms with Crippen LogP contribution in [0.15, 0.2) is 16.6 Å². The number of aldehydes is 1. The van der Waals surface area contributed by atoms with Gasteiger partial charge in [0.25, 0.3) is 0 Å². The number of alkyl carbamates (subject to hydrolysis) is 1. The van der Waals surface area contributed by atoms with Gasteiger partial charge in [0.05, 0.1) is 19.2 Å². The molecule has 1 N–H and O–H groups in total. The molecule has 1 aromatic carbocycles. The average Bonchev–Trinajstić information content (AvgIpc) is 2.96. The Morgan fingerprint density at radius 2 is 2.04 bits per heavy atom. The number of anilines is 1. The molecule has 0 bridgehead atoms. The van der Waals surface area contributed by atoms with Gasteiger partial charge in [0.15, 0.2) is 11.8 Å². The average molecular weight is 462 g/mol. The van der Waals surface area contributed by atoms with Crippen LogP contribution in [0.2, 0.25) is 5.02 Å². The second-order valence-electron chi connectivity index (χ2n) is 7.31. The highest BCUT2D eigenvalue weighted by molar-refractivity contribution is 9.10. The summed E-state index contributed by atoms with van der Waals surface area (Å²) in [5.74, 6) is -0.579. The zero-order chi connectivity index (χ0) is 20.4. The first kappa shape index (κ1) is 21.5. The van der Waals surface area contributed by atoms with E-state index in [1.165, 1.54) is 7.11 Å². The third-order valence-electron chi connectivity index (χ3n) is 4.12. The number of hydrogen-bond acceptors (Lipinski definition) is 6. The Morgan fingerprint density at radius 1 is 1.37 bits per heavy atom. The van der Waals surface area contributed by atoms with E-state index in [1.807, 2.05) is 4.90 Å². The highest BCUT2D eigenvalue weighted by Crippen LogP contribution is 2.35. The molecule has 0 radical (unpaired) electrons. The maximum atomic E-state index is 12.5. The Morgan fingerprint density at radius 3 is 2.59 bits per heavy atom. The summed E-state index contributed by atoms with van der Waals surface area (Å²) in [6.45, 7) is 5.74. The molecule has 1 fully saturated rings. The van der Waals surface area contributed by atoms with Gasteiger partial charge in [-0.2, -0.15) is 0 Å². The number of ether oxygens (including phenoxy) is 2. The smallest absolute Gasteiger partial charge is 0.408 e. The van der Waals surface area contributed by atoms with Crippen LogP contribution in [-0.2, 0) is 14.3 Å². The molecular weight excluding hydrogens is 440 g/mol. The number of nitrogens with one attached hydrogen (secondary N) is 1. The van der Waals surface area contributed by atoms with Crippen LogP contribution in [0.4, 0.5) is 10.5 Å². The van der Waals surface area contributed by atoms with Gasteiger partial charge >= 0.3 is 12.1 Å². The van der Waals surface area contributed by atoms with Crippen LogP contribution in [0.5, 0.6) is 0 Å². The summed E-state index contributed by atoms with van der Waals surface area (Å²) in [5, 5.41) is 3.10. The van der Waals surface area contributed by atoms with Gasteiger partial charge in [-0.3, -0.25) is 4.79 Å². The van der Waals surface area contributed by atoms with Crippen LogP contribution >= 0.6 is 27.5 Å². The van der Waals surface area contributed by atoms with Crippen LogP contribution < -0.4 is 10.2 Å². The van der Waals surface area contributed by atoms with Crippen LogP contribution in [0.25, 0.3) is 0 Å². The number of rotatable bonds is 4. The number of amides is 1. The standard InChI is InChI=1S/C18H22BrClN2O5/c1-17(2,3)27-16(25)21-18(15(24)26-4)5-6-22(10-18)14-8-11(20)7-13(19)12(14)9-23/h7-9H,5-6,10H2,1-4H3,(H,21,25)/t18-/m1/s1. The molecule has 1 atom stereocenters. The highest BCUT2D eigenvalue weighted by atomic mass is 79.9. The number of hydrogen-bond donors (Lipinski definition) is 1. The lowest BCUT2D eigenvalue weighted by Crippen LogP contribution is -2.57. The summed E-state index contributed by atoms with van der Waals surface area (Å²) >= 11 is 9.45. The molecule has 0 aliphatic carbocycles. The fourth-order valence-electron chi connectivity index (χ4n) is 2.98. The number of nitrogens with zero attached hydrogens (tertiary/aromatic N) is 1. The Balaban J connectivity index is 2.33. The molecule has 0 aromatic heterocycles. The van der Waals surface area contributed by atoms with E-state index in [2.05, 4.69) is 21.2 Å². The molecule has 1 aliphatic heterocycles. The van der Waals surface area contributed by atoms with Gasteiger partial charge < -0.3 is 19.7 Å². The van der Waals surface area contributed by atoms with E-state index in [-0.39, 0.29) is 6.54 Å². The van der Waals surface area contributed by atoms with Crippen molar-refractivity contribution >= 4 is 51.6 Å². The normalized spacial score (nSPS) is 19.6. The van der Waals surface area contributed by atoms with E-state index in [9.17, 15) is 14.4 Å². The third-order valence-corrected chi connectivity index (χ3v) is 4.99. The van der Waals surface area contributed by atoms with Crippen molar-refractivity contribution in [2.75, 3.05) is 25.1 Å². The van der Waals surface area contributed by atoms with E-state index in [0.29, 0.717) is 33.7 Å². The van der Waals surface area contributed by atoms with Crippen LogP contribution in [0.1, 0.15) is 37.6 Å². The molecule has 7 nitrogen and oxygen atoms in total. The molecule has 1 aromatic rings. The number of carbonyl (C=O) groups excluding carboxylic acids is 3. The van der Waals surface area contributed by atoms with Gasteiger partial charge in [0.2, 0.25) is 0 Å². The highest BCUT2D eigenvalue weighted by Gasteiger charge is 2.48. The minimum atomic E-state index is -1.29. The topological polar surface area (TPSA) is 84.9 Å². The summed E-state index contributed by atoms with van der Waals surface area (Å²) in [6, 6.07) is 3.27. The number of carbonyl (C=O) groups is 3. The van der Waals surface area contributed by atoms with Crippen molar-refractivity contribution < 1.29 is 23.9 Å². The molecule has 1 saturated heterocycles. The fraction of sp³-hybridized carbons (Fsp3) is 0.500. The van der Waals surface area contributed by atoms with Gasteiger partial charge in [-0.1, -0.05) is 11.6 Å². The summed E-state index contributed by atoms with van der Waals surface area (Å²) in [4.78, 5) is 38.1. The SMILES string of the molecule is COC(=O)[C@@]1(NC(=O)OC(C)(C)C)CCN(c2cc(Cl)cc(Br)c2C=O)C1. The lowest BCUT2D eigenvalue weighted by molar-refractivity contribution is -0.147. The summed E-state index contributed by atoms with van der Waals surface area (Å²) in [6.07, 6.45) is 0.300. The molecule has 1 amide bonds. The first-order chi connectivity index (χ1) is 12.5. The molecule has 9 heteroatoms. The predicted octanol–water partition coefficient (Wildman–Crippen LogP) is 3.56. The number of benzene rings is 1. The Labute approximate surface area is 171 Å². The molecule has 0 spiro atoms. The molecular formula is C18H22BrClN2O5. The van der Waals surface area contributed by atoms with Crippen LogP contribution in [0, 0.1) is 0 Å². The van der Waals surface area contributed by atoms with Gasteiger partial charge in [-0.15, -0.1) is 0 Å². The molecule has 148 valence electrons. The Bertz CT molecular complexity index is 765. The van der Waals surface area contributed by atoms with Crippen LogP contribution in [-0.4, -0.2) is 49.7 Å². The molecule has 0 saturated carbocycles. The van der Waals surface area contributed by atoms with E-state index >= 15 is 0 Å². The number of methoxy groups -OCH3 is 1. The number of esters is 1. The van der Waals surface area contributed by atoms with Crippen molar-refractivity contribution in [1.82, 2.24) is 5.32 Å². The quantitative estimate of drug-likeness (QED) is 0.545. The van der Waals surface area contributed by atoms with Crippen molar-refractivity contribution in [3.63, 3.8) is 0 Å². The van der Waals surface area contributed by atoms with Crippen molar-refractivity contribution in [2.24, 2.45) is 0 Å². The zero-order valence-electron chi connectivity index (χ0n) is 15.6. The minimum Gasteiger partial charge on any atom is -0.467 e. The lowest BCUT2D eigenvalue weighted by Gasteiger charge is -2.30. The maximum Gasteiger partial charge on any atom is 0.408 e. The largest absolute Gasteiger partial charge is 0.467 e. The van der Waals surface area contributed by atoms with Crippen LogP contribution in [0.3, 0.4) is 0 Å². The monoisotopic (exact) mass is 460 g/mol. The predicted molar refractivity (Wildman–Crippen MR) is 105 cm³/mol. The summed E-state index contributed by atoms with van der Waals surface area (Å²) in [7, 11) is 1.26. The fourth-order valence-corrected chi connectivity index (χ4v) is 3.87. The van der Waals surface area contributed by atoms with Gasteiger partial charge in [-0.25, -0.2) is 9.59 Å². The van der Waals surface area contributed by atoms with E-state index in [4.69, 9.17) is 21.1 Å². The number of halogens is 2. The maximum absolute atomic E-state index is 12.5. The van der Waals surface area contributed by atoms with E-state index in [0.717, 1.165) is 6.29 Å². The van der Waals surface area contributed by atoms with Gasteiger partial charge in [-0.05, 0) is 48.8 Å². The molecule has 27 heavy (non-hydrogen) atoms. The molecule has 2 rings (SSSR count). The first-order valence-corrected chi connectivity index (χ1v) is 9.47. The van der Waals surface area contributed by atoms with E-state index in [1.54, 1.807) is 32.9 Å². The summed E-state index contributed by atoms with van der Waals surface area (Å²) < 4.78 is 10.7. The Kier molecular flexibility index (Phi) is 6.42. The van der Waals surface area contributed by atoms with Crippen molar-refractivity contribution in [2.45, 2.75) is 38.3 Å². The van der Waals surface area contributed by atoms with E-state index < -0.39 is 23.2 Å². The molecule has 1 aliphatic rings. The first-order valence-electron chi connectivity index (χ1n) is 8.30. The van der Waals surface area contributed by atoms with Crippen molar-refractivity contribution in [3.8, 4) is 0 Å². The summed E-state index contributed by atoms with van der Waals surface area (Å²) in [5.41, 5.74) is -1.01. The van der Waals surface area contributed by atoms with Crippen molar-refractivity contribution in [3.05, 3.63) is 27.2 Å². The van der Waals surface area contributed by atoms with Crippen molar-refractivity contribution in [1.29, 1.82) is 0 Å². The molecule has 0 unspecified atom stereocenters. The van der Waals surface area contributed by atoms with Gasteiger partial charge in [0, 0.05) is 28.1 Å². The van der Waals surface area contributed by atoms with Gasteiger partial charge in [0.1, 0.15) is 5.60 Å². The second-order valence-corrected chi connectivity index (χ2v) is 8.60. The Hall–Kier alpha value is -1.80. The zero-order valence-corrected chi connectivity index (χ0v) is 17.9. The molecule has 1 heterocycles.